The van der Waals surface area contributed by atoms with Crippen molar-refractivity contribution < 1.29 is 27.5 Å². The number of carbonyl (C=O) groups is 2. The molecule has 0 aromatic heterocycles. The minimum absolute atomic E-state index is 0.00413. The highest BCUT2D eigenvalue weighted by atomic mass is 35.5. The van der Waals surface area contributed by atoms with Gasteiger partial charge in [-0.2, -0.15) is 0 Å². The van der Waals surface area contributed by atoms with Gasteiger partial charge in [0.1, 0.15) is 12.6 Å². The predicted octanol–water partition coefficient (Wildman–Crippen LogP) is 5.85. The van der Waals surface area contributed by atoms with E-state index in [9.17, 15) is 18.0 Å². The number of benzene rings is 3. The van der Waals surface area contributed by atoms with Crippen molar-refractivity contribution in [2.45, 2.75) is 57.6 Å². The maximum absolute atomic E-state index is 14.1. The quantitative estimate of drug-likeness (QED) is 0.249. The minimum Gasteiger partial charge on any atom is -0.493 e. The summed E-state index contributed by atoms with van der Waals surface area (Å²) in [6.07, 6.45) is 0.692. The molecule has 3 aromatic carbocycles. The van der Waals surface area contributed by atoms with Gasteiger partial charge < -0.3 is 19.7 Å². The van der Waals surface area contributed by atoms with Gasteiger partial charge in [0.05, 0.1) is 24.8 Å². The molecule has 12 heteroatoms. The van der Waals surface area contributed by atoms with E-state index in [1.807, 2.05) is 20.8 Å². The number of halogens is 2. The number of methoxy groups -OCH3 is 2. The molecule has 0 radical (unpaired) electrons. The molecule has 9 nitrogen and oxygen atoms in total. The molecule has 43 heavy (non-hydrogen) atoms. The van der Waals surface area contributed by atoms with Gasteiger partial charge in [-0.15, -0.1) is 0 Å². The molecule has 3 rings (SSSR count). The van der Waals surface area contributed by atoms with Crippen LogP contribution in [0.15, 0.2) is 65.6 Å². The van der Waals surface area contributed by atoms with Crippen molar-refractivity contribution >= 4 is 50.7 Å². The van der Waals surface area contributed by atoms with Crippen LogP contribution in [-0.4, -0.2) is 58.0 Å². The number of anilines is 1. The van der Waals surface area contributed by atoms with Crippen LogP contribution in [0.25, 0.3) is 0 Å². The van der Waals surface area contributed by atoms with Gasteiger partial charge >= 0.3 is 0 Å². The zero-order valence-corrected chi connectivity index (χ0v) is 27.4. The van der Waals surface area contributed by atoms with E-state index in [1.54, 1.807) is 43.3 Å². The van der Waals surface area contributed by atoms with Gasteiger partial charge in [0, 0.05) is 28.7 Å². The van der Waals surface area contributed by atoms with Gasteiger partial charge in [-0.1, -0.05) is 53.9 Å². The Morgan fingerprint density at radius 3 is 2.16 bits per heavy atom. The van der Waals surface area contributed by atoms with Gasteiger partial charge in [-0.3, -0.25) is 13.9 Å². The fourth-order valence-electron chi connectivity index (χ4n) is 4.23. The number of rotatable bonds is 13. The number of hydrogen-bond donors (Lipinski definition) is 1. The largest absolute Gasteiger partial charge is 0.493 e. The van der Waals surface area contributed by atoms with Crippen molar-refractivity contribution in [1.29, 1.82) is 0 Å². The third kappa shape index (κ3) is 8.34. The Morgan fingerprint density at radius 2 is 1.58 bits per heavy atom. The zero-order valence-electron chi connectivity index (χ0n) is 25.1. The third-order valence-corrected chi connectivity index (χ3v) is 9.44. The van der Waals surface area contributed by atoms with Gasteiger partial charge in [-0.25, -0.2) is 8.42 Å². The normalized spacial score (nSPS) is 12.7. The SMILES string of the molecule is CC[C@@H](C)NC(=O)[C@H](C)N(Cc1ccc(Cl)cc1Cl)C(=O)CN(c1ccc(OC)c(OC)c1)S(=O)(=O)c1ccc(C)cc1. The van der Waals surface area contributed by atoms with Gasteiger partial charge in [0.2, 0.25) is 11.8 Å². The first-order valence-electron chi connectivity index (χ1n) is 13.7. The molecule has 0 heterocycles. The summed E-state index contributed by atoms with van der Waals surface area (Å²) in [6, 6.07) is 14.6. The van der Waals surface area contributed by atoms with Gasteiger partial charge in [0.15, 0.2) is 11.5 Å². The van der Waals surface area contributed by atoms with Crippen LogP contribution in [0, 0.1) is 6.92 Å². The Morgan fingerprint density at radius 1 is 0.930 bits per heavy atom. The molecular formula is C31H37Cl2N3O6S. The zero-order chi connectivity index (χ0) is 31.9. The second-order valence-electron chi connectivity index (χ2n) is 10.1. The van der Waals surface area contributed by atoms with Crippen LogP contribution in [0.1, 0.15) is 38.3 Å². The number of amides is 2. The molecule has 0 aliphatic heterocycles. The molecule has 0 saturated heterocycles. The van der Waals surface area contributed by atoms with E-state index >= 15 is 0 Å². The van der Waals surface area contributed by atoms with E-state index in [0.717, 1.165) is 9.87 Å². The number of sulfonamides is 1. The molecule has 2 atom stereocenters. The van der Waals surface area contributed by atoms with Crippen LogP contribution in [0.2, 0.25) is 10.0 Å². The molecule has 1 N–H and O–H groups in total. The Hall–Kier alpha value is -3.47. The summed E-state index contributed by atoms with van der Waals surface area (Å²) in [5, 5.41) is 3.62. The molecule has 0 fully saturated rings. The molecule has 0 spiro atoms. The van der Waals surface area contributed by atoms with E-state index in [-0.39, 0.29) is 34.8 Å². The van der Waals surface area contributed by atoms with E-state index in [0.29, 0.717) is 27.8 Å². The summed E-state index contributed by atoms with van der Waals surface area (Å²) in [5.74, 6) is -0.336. The van der Waals surface area contributed by atoms with Gasteiger partial charge in [0.25, 0.3) is 10.0 Å². The highest BCUT2D eigenvalue weighted by Gasteiger charge is 2.33. The fraction of sp³-hybridized carbons (Fsp3) is 0.355. The van der Waals surface area contributed by atoms with Crippen molar-refractivity contribution in [2.24, 2.45) is 0 Å². The third-order valence-electron chi connectivity index (χ3n) is 7.07. The predicted molar refractivity (Wildman–Crippen MR) is 170 cm³/mol. The monoisotopic (exact) mass is 649 g/mol. The first-order valence-corrected chi connectivity index (χ1v) is 15.9. The van der Waals surface area contributed by atoms with Crippen LogP contribution < -0.4 is 19.1 Å². The van der Waals surface area contributed by atoms with E-state index in [4.69, 9.17) is 32.7 Å². The molecule has 0 saturated carbocycles. The second kappa shape index (κ2) is 14.8. The van der Waals surface area contributed by atoms with Crippen LogP contribution in [0.5, 0.6) is 11.5 Å². The summed E-state index contributed by atoms with van der Waals surface area (Å²) in [7, 11) is -1.36. The lowest BCUT2D eigenvalue weighted by Crippen LogP contribution is -2.52. The van der Waals surface area contributed by atoms with Crippen molar-refractivity contribution in [3.63, 3.8) is 0 Å². The maximum Gasteiger partial charge on any atom is 0.264 e. The highest BCUT2D eigenvalue weighted by Crippen LogP contribution is 2.34. The summed E-state index contributed by atoms with van der Waals surface area (Å²) < 4.78 is 39.9. The fourth-order valence-corrected chi connectivity index (χ4v) is 6.10. The Bertz CT molecular complexity index is 1550. The van der Waals surface area contributed by atoms with Crippen molar-refractivity contribution in [1.82, 2.24) is 10.2 Å². The van der Waals surface area contributed by atoms with Crippen LogP contribution in [0.4, 0.5) is 5.69 Å². The average Bonchev–Trinajstić information content (AvgIpc) is 2.98. The first-order chi connectivity index (χ1) is 20.3. The molecule has 0 aliphatic carbocycles. The lowest BCUT2D eigenvalue weighted by Gasteiger charge is -2.32. The Balaban J connectivity index is 2.11. The highest BCUT2D eigenvalue weighted by molar-refractivity contribution is 7.92. The maximum atomic E-state index is 14.1. The van der Waals surface area contributed by atoms with Crippen molar-refractivity contribution in [3.05, 3.63) is 81.8 Å². The van der Waals surface area contributed by atoms with E-state index < -0.39 is 28.5 Å². The van der Waals surface area contributed by atoms with Crippen LogP contribution in [0.3, 0.4) is 0 Å². The molecule has 232 valence electrons. The lowest BCUT2D eigenvalue weighted by molar-refractivity contribution is -0.139. The minimum atomic E-state index is -4.25. The van der Waals surface area contributed by atoms with Crippen molar-refractivity contribution in [3.8, 4) is 11.5 Å². The number of ether oxygens (including phenoxy) is 2. The van der Waals surface area contributed by atoms with Gasteiger partial charge in [-0.05, 0) is 69.2 Å². The summed E-state index contributed by atoms with van der Waals surface area (Å²) >= 11 is 12.5. The molecule has 2 amide bonds. The van der Waals surface area contributed by atoms with Crippen LogP contribution >= 0.6 is 23.2 Å². The molecular weight excluding hydrogens is 613 g/mol. The number of nitrogens with one attached hydrogen (secondary N) is 1. The number of carbonyl (C=O) groups excluding carboxylic acids is 2. The standard InChI is InChI=1S/C31H37Cl2N3O6S/c1-7-21(3)34-31(38)22(4)35(18-23-10-11-24(32)16-27(23)33)30(37)19-36(25-12-15-28(41-5)29(17-25)42-6)43(39,40)26-13-8-20(2)9-14-26/h8-17,21-22H,7,18-19H2,1-6H3,(H,34,38)/t21-,22+/m1/s1. The Labute approximate surface area is 263 Å². The molecule has 0 unspecified atom stereocenters. The summed E-state index contributed by atoms with van der Waals surface area (Å²) in [6.45, 7) is 6.56. The lowest BCUT2D eigenvalue weighted by atomic mass is 10.1. The van der Waals surface area contributed by atoms with E-state index in [2.05, 4.69) is 5.32 Å². The van der Waals surface area contributed by atoms with Crippen LogP contribution in [-0.2, 0) is 26.2 Å². The van der Waals surface area contributed by atoms with E-state index in [1.165, 1.54) is 43.4 Å². The smallest absolute Gasteiger partial charge is 0.264 e. The summed E-state index contributed by atoms with van der Waals surface area (Å²) in [5.41, 5.74) is 1.59. The molecule has 0 bridgehead atoms. The topological polar surface area (TPSA) is 105 Å². The number of nitrogens with zero attached hydrogens (tertiary/aromatic N) is 2. The first kappa shape index (κ1) is 34.0. The average molecular weight is 651 g/mol. The van der Waals surface area contributed by atoms with Crippen molar-refractivity contribution in [2.75, 3.05) is 25.1 Å². The number of hydrogen-bond acceptors (Lipinski definition) is 6. The molecule has 0 aliphatic rings. The second-order valence-corrected chi connectivity index (χ2v) is 12.8. The Kier molecular flexibility index (Phi) is 11.7. The molecule has 3 aromatic rings. The number of aryl methyl sites for hydroxylation is 1. The summed E-state index contributed by atoms with van der Waals surface area (Å²) in [4.78, 5) is 28.7.